The van der Waals surface area contributed by atoms with Crippen LogP contribution in [0.5, 0.6) is 0 Å². The summed E-state index contributed by atoms with van der Waals surface area (Å²) < 4.78 is 14.1. The summed E-state index contributed by atoms with van der Waals surface area (Å²) in [6, 6.07) is 6.11. The number of aromatic nitrogens is 1. The van der Waals surface area contributed by atoms with Gasteiger partial charge in [-0.25, -0.2) is 9.37 Å². The number of hydrogen-bond acceptors (Lipinski definition) is 4. The molecule has 1 unspecified atom stereocenters. The maximum Gasteiger partial charge on any atom is 0.184 e. The van der Waals surface area contributed by atoms with Crippen LogP contribution in [0.2, 0.25) is 0 Å². The Labute approximate surface area is 115 Å². The lowest BCUT2D eigenvalue weighted by Crippen LogP contribution is -2.27. The molecular weight excluding hydrogens is 261 g/mol. The maximum absolute atomic E-state index is 13.1. The highest BCUT2D eigenvalue weighted by Crippen LogP contribution is 2.32. The zero-order chi connectivity index (χ0) is 12.8. The average Bonchev–Trinajstić information content (AvgIpc) is 3.01. The molecule has 1 aromatic carbocycles. The Bertz CT molecular complexity index is 608. The minimum absolute atomic E-state index is 0.191. The number of thiazole rings is 1. The van der Waals surface area contributed by atoms with E-state index >= 15 is 0 Å². The van der Waals surface area contributed by atoms with Crippen molar-refractivity contribution < 1.29 is 4.39 Å². The van der Waals surface area contributed by atoms with Crippen molar-refractivity contribution in [2.45, 2.75) is 31.3 Å². The zero-order valence-electron chi connectivity index (χ0n) is 10.6. The van der Waals surface area contributed by atoms with E-state index in [1.165, 1.54) is 31.9 Å². The van der Waals surface area contributed by atoms with E-state index in [1.54, 1.807) is 23.5 Å². The highest BCUT2D eigenvalue weighted by molar-refractivity contribution is 7.22. The van der Waals surface area contributed by atoms with Crippen LogP contribution in [0.4, 0.5) is 9.52 Å². The van der Waals surface area contributed by atoms with Crippen molar-refractivity contribution in [2.75, 3.05) is 18.4 Å². The van der Waals surface area contributed by atoms with E-state index in [4.69, 9.17) is 0 Å². The van der Waals surface area contributed by atoms with Crippen molar-refractivity contribution in [2.24, 2.45) is 0 Å². The minimum Gasteiger partial charge on any atom is -0.357 e. The van der Waals surface area contributed by atoms with Gasteiger partial charge in [0.25, 0.3) is 0 Å². The topological polar surface area (TPSA) is 28.2 Å². The second-order valence-corrected chi connectivity index (χ2v) is 6.52. The third kappa shape index (κ3) is 2.32. The smallest absolute Gasteiger partial charge is 0.184 e. The third-order valence-electron chi connectivity index (χ3n) is 3.96. The van der Waals surface area contributed by atoms with Crippen LogP contribution in [0, 0.1) is 5.82 Å². The van der Waals surface area contributed by atoms with Gasteiger partial charge >= 0.3 is 0 Å². The number of hydrogen-bond donors (Lipinski definition) is 1. The first-order chi connectivity index (χ1) is 9.28. The fourth-order valence-electron chi connectivity index (χ4n) is 2.81. The van der Waals surface area contributed by atoms with Gasteiger partial charge in [-0.3, -0.25) is 4.90 Å². The van der Waals surface area contributed by atoms with Crippen LogP contribution in [0.1, 0.15) is 19.3 Å². The van der Waals surface area contributed by atoms with E-state index < -0.39 is 0 Å². The molecule has 3 nitrogen and oxygen atoms in total. The van der Waals surface area contributed by atoms with E-state index in [9.17, 15) is 4.39 Å². The fourth-order valence-corrected chi connectivity index (χ4v) is 3.78. The molecule has 2 heterocycles. The Balaban J connectivity index is 1.48. The maximum atomic E-state index is 13.1. The Kier molecular flexibility index (Phi) is 2.70. The molecule has 5 heteroatoms. The van der Waals surface area contributed by atoms with Gasteiger partial charge in [-0.15, -0.1) is 0 Å². The van der Waals surface area contributed by atoms with Crippen LogP contribution in [0.25, 0.3) is 10.2 Å². The van der Waals surface area contributed by atoms with Gasteiger partial charge in [-0.2, -0.15) is 0 Å². The molecule has 0 bridgehead atoms. The third-order valence-corrected chi connectivity index (χ3v) is 4.91. The predicted molar refractivity (Wildman–Crippen MR) is 76.2 cm³/mol. The van der Waals surface area contributed by atoms with E-state index in [-0.39, 0.29) is 5.82 Å². The van der Waals surface area contributed by atoms with E-state index in [0.717, 1.165) is 27.9 Å². The summed E-state index contributed by atoms with van der Waals surface area (Å²) in [5, 5.41) is 4.43. The summed E-state index contributed by atoms with van der Waals surface area (Å²) >= 11 is 1.54. The molecule has 1 saturated heterocycles. The number of halogens is 1. The number of rotatable bonds is 3. The Hall–Kier alpha value is -1.20. The van der Waals surface area contributed by atoms with Crippen LogP contribution < -0.4 is 5.32 Å². The van der Waals surface area contributed by atoms with Gasteiger partial charge in [0.15, 0.2) is 5.13 Å². The van der Waals surface area contributed by atoms with Crippen LogP contribution in [0.15, 0.2) is 18.2 Å². The van der Waals surface area contributed by atoms with Gasteiger partial charge in [-0.1, -0.05) is 11.3 Å². The molecule has 2 fully saturated rings. The quantitative estimate of drug-likeness (QED) is 0.934. The largest absolute Gasteiger partial charge is 0.357 e. The van der Waals surface area contributed by atoms with E-state index in [1.807, 2.05) is 0 Å². The standard InChI is InChI=1S/C14H16FN3S/c15-9-1-4-12-13(7-9)19-14(17-12)16-10-5-6-18(8-10)11-2-3-11/h1,4,7,10-11H,2-3,5-6,8H2,(H,16,17). The van der Waals surface area contributed by atoms with Gasteiger partial charge < -0.3 is 5.32 Å². The molecule has 0 spiro atoms. The average molecular weight is 277 g/mol. The first-order valence-corrected chi connectivity index (χ1v) is 7.66. The van der Waals surface area contributed by atoms with Gasteiger partial charge in [0, 0.05) is 25.2 Å². The minimum atomic E-state index is -0.191. The number of benzene rings is 1. The van der Waals surface area contributed by atoms with Crippen LogP contribution in [0.3, 0.4) is 0 Å². The summed E-state index contributed by atoms with van der Waals surface area (Å²) in [4.78, 5) is 7.10. The van der Waals surface area contributed by atoms with Gasteiger partial charge in [0.05, 0.1) is 10.2 Å². The first-order valence-electron chi connectivity index (χ1n) is 6.84. The summed E-state index contributed by atoms with van der Waals surface area (Å²) in [6.07, 6.45) is 3.92. The molecule has 1 N–H and O–H groups in total. The predicted octanol–water partition coefficient (Wildman–Crippen LogP) is 3.08. The van der Waals surface area contributed by atoms with E-state index in [2.05, 4.69) is 15.2 Å². The molecular formula is C14H16FN3S. The second-order valence-electron chi connectivity index (χ2n) is 5.49. The van der Waals surface area contributed by atoms with Crippen LogP contribution >= 0.6 is 11.3 Å². The molecule has 1 aromatic heterocycles. The van der Waals surface area contributed by atoms with E-state index in [0.29, 0.717) is 6.04 Å². The van der Waals surface area contributed by atoms with Gasteiger partial charge in [-0.05, 0) is 37.5 Å². The Morgan fingerprint density at radius 1 is 1.32 bits per heavy atom. The van der Waals surface area contributed by atoms with Crippen molar-refractivity contribution in [1.29, 1.82) is 0 Å². The van der Waals surface area contributed by atoms with Crippen molar-refractivity contribution >= 4 is 26.7 Å². The lowest BCUT2D eigenvalue weighted by atomic mass is 10.3. The van der Waals surface area contributed by atoms with Gasteiger partial charge in [0.1, 0.15) is 5.82 Å². The molecule has 1 atom stereocenters. The van der Waals surface area contributed by atoms with Crippen LogP contribution in [-0.4, -0.2) is 35.1 Å². The Morgan fingerprint density at radius 3 is 3.05 bits per heavy atom. The van der Waals surface area contributed by atoms with Crippen molar-refractivity contribution in [1.82, 2.24) is 9.88 Å². The second kappa shape index (κ2) is 4.42. The number of nitrogens with one attached hydrogen (secondary N) is 1. The lowest BCUT2D eigenvalue weighted by molar-refractivity contribution is 0.326. The number of likely N-dealkylation sites (tertiary alicyclic amines) is 1. The van der Waals surface area contributed by atoms with Crippen molar-refractivity contribution in [3.05, 3.63) is 24.0 Å². The molecule has 4 rings (SSSR count). The number of anilines is 1. The molecule has 1 saturated carbocycles. The summed E-state index contributed by atoms with van der Waals surface area (Å²) in [7, 11) is 0. The lowest BCUT2D eigenvalue weighted by Gasteiger charge is -2.15. The van der Waals surface area contributed by atoms with Crippen molar-refractivity contribution in [3.63, 3.8) is 0 Å². The normalized spacial score (nSPS) is 24.2. The number of nitrogens with zero attached hydrogens (tertiary/aromatic N) is 2. The molecule has 1 aliphatic carbocycles. The molecule has 2 aliphatic rings. The first kappa shape index (κ1) is 11.6. The molecule has 100 valence electrons. The SMILES string of the molecule is Fc1ccc2nc(NC3CCN(C4CC4)C3)sc2c1. The molecule has 1 aliphatic heterocycles. The monoisotopic (exact) mass is 277 g/mol. The number of fused-ring (bicyclic) bond motifs is 1. The summed E-state index contributed by atoms with van der Waals surface area (Å²) in [6.45, 7) is 2.32. The summed E-state index contributed by atoms with van der Waals surface area (Å²) in [5.41, 5.74) is 0.881. The fraction of sp³-hybridized carbons (Fsp3) is 0.500. The summed E-state index contributed by atoms with van der Waals surface area (Å²) in [5.74, 6) is -0.191. The zero-order valence-corrected chi connectivity index (χ0v) is 11.4. The van der Waals surface area contributed by atoms with Gasteiger partial charge in [0.2, 0.25) is 0 Å². The highest BCUT2D eigenvalue weighted by atomic mass is 32.1. The molecule has 0 amide bonds. The molecule has 19 heavy (non-hydrogen) atoms. The van der Waals surface area contributed by atoms with Crippen LogP contribution in [-0.2, 0) is 0 Å². The Morgan fingerprint density at radius 2 is 2.21 bits per heavy atom. The van der Waals surface area contributed by atoms with Crippen molar-refractivity contribution in [3.8, 4) is 0 Å². The molecule has 2 aromatic rings. The highest BCUT2D eigenvalue weighted by Gasteiger charge is 2.34. The molecule has 0 radical (unpaired) electrons.